The topological polar surface area (TPSA) is 146 Å². The van der Waals surface area contributed by atoms with Gasteiger partial charge in [0.2, 0.25) is 0 Å². The Morgan fingerprint density at radius 3 is 1.09 bits per heavy atom. The largest absolute Gasteiger partial charge is 0.492 e. The van der Waals surface area contributed by atoms with E-state index >= 15 is 0 Å². The summed E-state index contributed by atoms with van der Waals surface area (Å²) in [5, 5.41) is 19.5. The van der Waals surface area contributed by atoms with Gasteiger partial charge in [-0.3, -0.25) is 19.2 Å². The van der Waals surface area contributed by atoms with Gasteiger partial charge in [0.25, 0.3) is 11.6 Å². The minimum Gasteiger partial charge on any atom is -0.492 e. The summed E-state index contributed by atoms with van der Waals surface area (Å²) in [5.41, 5.74) is 0.436. The highest BCUT2D eigenvalue weighted by Gasteiger charge is 2.33. The van der Waals surface area contributed by atoms with Crippen LogP contribution in [-0.2, 0) is 38.1 Å². The van der Waals surface area contributed by atoms with E-state index < -0.39 is 35.3 Å². The zero-order valence-electron chi connectivity index (χ0n) is 17.8. The highest BCUT2D eigenvalue weighted by atomic mass is 16.5. The lowest BCUT2D eigenvalue weighted by Crippen LogP contribution is -2.28. The summed E-state index contributed by atoms with van der Waals surface area (Å²) in [6, 6.07) is 0. The zero-order valence-corrected chi connectivity index (χ0v) is 17.8. The number of hydrogen-bond donors (Lipinski definition) is 2. The van der Waals surface area contributed by atoms with Gasteiger partial charge in [0.15, 0.2) is 23.0 Å². The average Bonchev–Trinajstić information content (AvgIpc) is 2.77. The number of carboxylic acid groups (broad SMARTS) is 2. The van der Waals surface area contributed by atoms with Gasteiger partial charge in [-0.2, -0.15) is 0 Å². The number of ketones is 2. The second-order valence-electron chi connectivity index (χ2n) is 6.57. The van der Waals surface area contributed by atoms with Crippen LogP contribution in [0.5, 0.6) is 0 Å². The molecule has 2 atom stereocenters. The molecule has 2 aliphatic carbocycles. The van der Waals surface area contributed by atoms with Gasteiger partial charge in [0.05, 0.1) is 40.3 Å². The molecular weight excluding hydrogens is 424 g/mol. The normalized spacial score (nSPS) is 17.8. The molecule has 0 aromatic carbocycles. The first-order chi connectivity index (χ1) is 15.2. The molecule has 0 spiro atoms. The molecule has 2 N–H and O–H groups in total. The van der Waals surface area contributed by atoms with E-state index in [0.29, 0.717) is 0 Å². The highest BCUT2D eigenvalue weighted by Crippen LogP contribution is 2.28. The Balaban J connectivity index is 2.57. The van der Waals surface area contributed by atoms with Gasteiger partial charge in [0, 0.05) is 0 Å². The molecule has 2 aliphatic rings. The molecule has 10 nitrogen and oxygen atoms in total. The zero-order chi connectivity index (χ0) is 24.0. The van der Waals surface area contributed by atoms with Crippen LogP contribution >= 0.6 is 0 Å². The van der Waals surface area contributed by atoms with Crippen LogP contribution in [0.15, 0.2) is 70.6 Å². The maximum Gasteiger partial charge on any atom is 0.311 e. The molecule has 0 radical (unpaired) electrons. The second-order valence-corrected chi connectivity index (χ2v) is 6.57. The summed E-state index contributed by atoms with van der Waals surface area (Å²) in [5.74, 6) is -7.32. The molecule has 0 saturated carbocycles. The molecule has 0 bridgehead atoms. The van der Waals surface area contributed by atoms with E-state index in [0.717, 1.165) is 0 Å². The number of methoxy groups -OCH3 is 4. The predicted molar refractivity (Wildman–Crippen MR) is 109 cm³/mol. The average molecular weight is 446 g/mol. The van der Waals surface area contributed by atoms with Crippen molar-refractivity contribution in [2.45, 2.75) is 0 Å². The van der Waals surface area contributed by atoms with Crippen molar-refractivity contribution in [2.75, 3.05) is 28.4 Å². The van der Waals surface area contributed by atoms with E-state index in [1.165, 1.54) is 64.9 Å². The van der Waals surface area contributed by atoms with E-state index in [-0.39, 0.29) is 34.2 Å². The Morgan fingerprint density at radius 1 is 0.656 bits per heavy atom. The number of allylic oxidation sites excluding steroid dienone is 6. The van der Waals surface area contributed by atoms with Crippen LogP contribution < -0.4 is 0 Å². The van der Waals surface area contributed by atoms with Crippen molar-refractivity contribution in [3.05, 3.63) is 70.6 Å². The van der Waals surface area contributed by atoms with Crippen LogP contribution in [0, 0.1) is 11.8 Å². The third-order valence-electron chi connectivity index (χ3n) is 4.67. The number of hydrogen-bond acceptors (Lipinski definition) is 8. The van der Waals surface area contributed by atoms with Crippen molar-refractivity contribution in [1.29, 1.82) is 0 Å². The van der Waals surface area contributed by atoms with Crippen LogP contribution in [-0.4, -0.2) is 62.2 Å². The Kier molecular flexibility index (Phi) is 7.78. The third-order valence-corrected chi connectivity index (χ3v) is 4.67. The monoisotopic (exact) mass is 446 g/mol. The van der Waals surface area contributed by atoms with Gasteiger partial charge in [-0.1, -0.05) is 12.2 Å². The lowest BCUT2D eigenvalue weighted by Gasteiger charge is -2.19. The Bertz CT molecular complexity index is 885. The lowest BCUT2D eigenvalue weighted by molar-refractivity contribution is -0.149. The minimum atomic E-state index is -1.54. The predicted octanol–water partition coefficient (Wildman–Crippen LogP) is 1.53. The van der Waals surface area contributed by atoms with Crippen molar-refractivity contribution in [3.8, 4) is 0 Å². The van der Waals surface area contributed by atoms with Crippen LogP contribution in [0.25, 0.3) is 0 Å². The van der Waals surface area contributed by atoms with E-state index in [9.17, 15) is 29.4 Å². The molecular formula is C22H22O10. The van der Waals surface area contributed by atoms with Gasteiger partial charge in [-0.05, 0) is 35.5 Å². The van der Waals surface area contributed by atoms with Gasteiger partial charge < -0.3 is 29.2 Å². The van der Waals surface area contributed by atoms with E-state index in [1.807, 2.05) is 0 Å². The summed E-state index contributed by atoms with van der Waals surface area (Å²) < 4.78 is 20.0. The third kappa shape index (κ3) is 5.15. The van der Waals surface area contributed by atoms with Gasteiger partial charge >= 0.3 is 11.9 Å². The molecule has 0 heterocycles. The van der Waals surface area contributed by atoms with Crippen molar-refractivity contribution in [2.24, 2.45) is 11.8 Å². The van der Waals surface area contributed by atoms with Crippen molar-refractivity contribution >= 4 is 23.5 Å². The fourth-order valence-electron chi connectivity index (χ4n) is 3.06. The maximum absolute atomic E-state index is 12.1. The van der Waals surface area contributed by atoms with Crippen LogP contribution in [0.3, 0.4) is 0 Å². The summed E-state index contributed by atoms with van der Waals surface area (Å²) in [6.07, 6.45) is 7.52. The molecule has 32 heavy (non-hydrogen) atoms. The minimum absolute atomic E-state index is 0.0869. The first-order valence-corrected chi connectivity index (χ1v) is 9.18. The van der Waals surface area contributed by atoms with Crippen LogP contribution in [0.1, 0.15) is 0 Å². The Morgan fingerprint density at radius 2 is 0.906 bits per heavy atom. The van der Waals surface area contributed by atoms with Crippen molar-refractivity contribution < 1.29 is 48.3 Å². The summed E-state index contributed by atoms with van der Waals surface area (Å²) in [6.45, 7) is 0. The Labute approximate surface area is 183 Å². The molecule has 0 saturated heterocycles. The highest BCUT2D eigenvalue weighted by molar-refractivity contribution is 6.08. The molecule has 10 heteroatoms. The number of aliphatic carboxylic acids is 2. The molecule has 0 aromatic rings. The molecule has 170 valence electrons. The fourth-order valence-corrected chi connectivity index (χ4v) is 3.06. The van der Waals surface area contributed by atoms with Crippen molar-refractivity contribution in [3.63, 3.8) is 0 Å². The number of ether oxygens (including phenoxy) is 4. The van der Waals surface area contributed by atoms with Crippen LogP contribution in [0.2, 0.25) is 0 Å². The van der Waals surface area contributed by atoms with Gasteiger partial charge in [-0.25, -0.2) is 0 Å². The van der Waals surface area contributed by atoms with Crippen molar-refractivity contribution in [1.82, 2.24) is 0 Å². The molecule has 0 aliphatic heterocycles. The number of carbonyl (C=O) groups is 4. The number of rotatable bonds is 9. The van der Waals surface area contributed by atoms with Crippen LogP contribution in [0.4, 0.5) is 0 Å². The fraction of sp³-hybridized carbons (Fsp3) is 0.273. The molecule has 2 rings (SSSR count). The summed E-state index contributed by atoms with van der Waals surface area (Å²) >= 11 is 0. The van der Waals surface area contributed by atoms with E-state index in [1.54, 1.807) is 0 Å². The maximum atomic E-state index is 12.1. The van der Waals surface area contributed by atoms with Gasteiger partial charge in [0.1, 0.15) is 0 Å². The number of carbonyl (C=O) groups excluding carboxylic acids is 2. The Hall–Kier alpha value is -4.08. The number of carboxylic acids is 2. The summed E-state index contributed by atoms with van der Waals surface area (Å²) in [4.78, 5) is 48.2. The smallest absolute Gasteiger partial charge is 0.311 e. The van der Waals surface area contributed by atoms with E-state index in [4.69, 9.17) is 18.9 Å². The summed E-state index contributed by atoms with van der Waals surface area (Å²) in [7, 11) is 5.07. The van der Waals surface area contributed by atoms with E-state index in [2.05, 4.69) is 0 Å². The molecule has 2 unspecified atom stereocenters. The first kappa shape index (κ1) is 24.2. The molecule has 0 amide bonds. The van der Waals surface area contributed by atoms with Gasteiger partial charge in [-0.15, -0.1) is 0 Å². The lowest BCUT2D eigenvalue weighted by atomic mass is 9.87. The standard InChI is InChI=1S/C22H22O10/c1-29-15-7-11(8-16(30-2)19(15)23)5-13(21(25)26)14(22(27)28)6-12-9-17(31-3)20(24)18(10-12)32-4/h5-10,13-14H,1-4H3,(H,25,26)(H,27,28). The second kappa shape index (κ2) is 10.3. The molecule has 0 fully saturated rings. The number of Topliss-reactive ketones (excluding diaryl/α,β-unsaturated/α-hetero) is 2. The SMILES string of the molecule is COC1=CC(=CC(C(=O)O)C(C=C2C=C(OC)C(=O)C(OC)=C2)C(=O)O)C=C(OC)C1=O. The molecule has 0 aromatic heterocycles. The first-order valence-electron chi connectivity index (χ1n) is 9.18. The quantitative estimate of drug-likeness (QED) is 0.534.